The number of aliphatic hydroxyl groups is 1. The minimum Gasteiger partial charge on any atom is -0.387 e. The lowest BCUT2D eigenvalue weighted by Gasteiger charge is -2.17. The number of carbonyl (C=O) groups excluding carboxylic acids is 1. The molecule has 0 saturated carbocycles. The molecule has 0 aliphatic rings. The predicted octanol–water partition coefficient (Wildman–Crippen LogP) is 1.78. The summed E-state index contributed by atoms with van der Waals surface area (Å²) in [6.07, 6.45) is -0.635. The Morgan fingerprint density at radius 1 is 1.31 bits per heavy atom. The first-order valence-corrected chi connectivity index (χ1v) is 5.42. The van der Waals surface area contributed by atoms with Gasteiger partial charge in [-0.2, -0.15) is 0 Å². The average molecular weight is 221 g/mol. The molecule has 1 aromatic carbocycles. The zero-order valence-corrected chi connectivity index (χ0v) is 10.3. The third-order valence-electron chi connectivity index (χ3n) is 2.62. The molecule has 0 bridgehead atoms. The van der Waals surface area contributed by atoms with Crippen molar-refractivity contribution in [3.8, 4) is 0 Å². The SMILES string of the molecule is CC(=O)NCC(O)c1c(C)cc(C)cc1C. The van der Waals surface area contributed by atoms with Crippen molar-refractivity contribution in [1.82, 2.24) is 5.32 Å². The number of aliphatic hydroxyl groups excluding tert-OH is 1. The van der Waals surface area contributed by atoms with Gasteiger partial charge in [0.2, 0.25) is 5.91 Å². The number of amides is 1. The zero-order valence-electron chi connectivity index (χ0n) is 10.3. The van der Waals surface area contributed by atoms with Gasteiger partial charge in [-0.1, -0.05) is 17.7 Å². The van der Waals surface area contributed by atoms with E-state index in [9.17, 15) is 9.90 Å². The molecule has 2 N–H and O–H groups in total. The number of carbonyl (C=O) groups is 1. The molecule has 1 rings (SSSR count). The Morgan fingerprint density at radius 2 is 1.81 bits per heavy atom. The van der Waals surface area contributed by atoms with Crippen LogP contribution in [0.1, 0.15) is 35.3 Å². The Morgan fingerprint density at radius 3 is 2.25 bits per heavy atom. The minimum absolute atomic E-state index is 0.124. The molecule has 0 radical (unpaired) electrons. The van der Waals surface area contributed by atoms with E-state index in [1.165, 1.54) is 12.5 Å². The van der Waals surface area contributed by atoms with Gasteiger partial charge >= 0.3 is 0 Å². The lowest BCUT2D eigenvalue weighted by molar-refractivity contribution is -0.119. The lowest BCUT2D eigenvalue weighted by Crippen LogP contribution is -2.26. The van der Waals surface area contributed by atoms with Crippen LogP contribution in [-0.2, 0) is 4.79 Å². The van der Waals surface area contributed by atoms with E-state index >= 15 is 0 Å². The maximum Gasteiger partial charge on any atom is 0.216 e. The molecule has 16 heavy (non-hydrogen) atoms. The molecule has 1 atom stereocenters. The standard InChI is InChI=1S/C13H19NO2/c1-8-5-9(2)13(10(3)6-8)12(16)7-14-11(4)15/h5-6,12,16H,7H2,1-4H3,(H,14,15). The van der Waals surface area contributed by atoms with E-state index in [-0.39, 0.29) is 12.5 Å². The van der Waals surface area contributed by atoms with Gasteiger partial charge in [-0.15, -0.1) is 0 Å². The van der Waals surface area contributed by atoms with Crippen LogP contribution in [0.25, 0.3) is 0 Å². The third-order valence-corrected chi connectivity index (χ3v) is 2.62. The van der Waals surface area contributed by atoms with Crippen LogP contribution in [0, 0.1) is 20.8 Å². The first-order chi connectivity index (χ1) is 7.41. The lowest BCUT2D eigenvalue weighted by atomic mass is 9.95. The van der Waals surface area contributed by atoms with E-state index in [2.05, 4.69) is 5.32 Å². The summed E-state index contributed by atoms with van der Waals surface area (Å²) in [5.41, 5.74) is 4.23. The van der Waals surface area contributed by atoms with Gasteiger partial charge in [-0.3, -0.25) is 4.79 Å². The molecule has 0 aliphatic heterocycles. The molecule has 1 aromatic rings. The van der Waals surface area contributed by atoms with Crippen molar-refractivity contribution in [2.24, 2.45) is 0 Å². The molecule has 0 fully saturated rings. The first kappa shape index (κ1) is 12.7. The van der Waals surface area contributed by atoms with Crippen LogP contribution < -0.4 is 5.32 Å². The predicted molar refractivity (Wildman–Crippen MR) is 64.3 cm³/mol. The molecular formula is C13H19NO2. The van der Waals surface area contributed by atoms with Gasteiger partial charge in [0.05, 0.1) is 6.10 Å². The van der Waals surface area contributed by atoms with Gasteiger partial charge in [0.15, 0.2) is 0 Å². The Balaban J connectivity index is 2.90. The van der Waals surface area contributed by atoms with Crippen LogP contribution in [0.2, 0.25) is 0 Å². The fourth-order valence-electron chi connectivity index (χ4n) is 2.06. The zero-order chi connectivity index (χ0) is 12.3. The summed E-state index contributed by atoms with van der Waals surface area (Å²) in [5.74, 6) is -0.124. The third kappa shape index (κ3) is 3.07. The van der Waals surface area contributed by atoms with Crippen LogP contribution in [-0.4, -0.2) is 17.6 Å². The fraction of sp³-hybridized carbons (Fsp3) is 0.462. The van der Waals surface area contributed by atoms with Gasteiger partial charge < -0.3 is 10.4 Å². The molecular weight excluding hydrogens is 202 g/mol. The molecule has 1 unspecified atom stereocenters. The normalized spacial score (nSPS) is 12.3. The van der Waals surface area contributed by atoms with Crippen LogP contribution in [0.5, 0.6) is 0 Å². The summed E-state index contributed by atoms with van der Waals surface area (Å²) in [4.78, 5) is 10.8. The molecule has 0 heterocycles. The highest BCUT2D eigenvalue weighted by atomic mass is 16.3. The molecule has 88 valence electrons. The highest BCUT2D eigenvalue weighted by molar-refractivity contribution is 5.72. The van der Waals surface area contributed by atoms with Gasteiger partial charge in [-0.25, -0.2) is 0 Å². The van der Waals surface area contributed by atoms with Crippen molar-refractivity contribution >= 4 is 5.91 Å². The summed E-state index contributed by atoms with van der Waals surface area (Å²) < 4.78 is 0. The van der Waals surface area contributed by atoms with Crippen molar-refractivity contribution in [3.63, 3.8) is 0 Å². The van der Waals surface area contributed by atoms with Crippen LogP contribution in [0.15, 0.2) is 12.1 Å². The number of benzene rings is 1. The highest BCUT2D eigenvalue weighted by Gasteiger charge is 2.13. The molecule has 1 amide bonds. The van der Waals surface area contributed by atoms with Gasteiger partial charge in [0.25, 0.3) is 0 Å². The highest BCUT2D eigenvalue weighted by Crippen LogP contribution is 2.22. The second kappa shape index (κ2) is 5.12. The van der Waals surface area contributed by atoms with Crippen LogP contribution >= 0.6 is 0 Å². The van der Waals surface area contributed by atoms with Crippen molar-refractivity contribution in [2.75, 3.05) is 6.54 Å². The van der Waals surface area contributed by atoms with Crippen molar-refractivity contribution in [1.29, 1.82) is 0 Å². The van der Waals surface area contributed by atoms with Gasteiger partial charge in [-0.05, 0) is 37.5 Å². The topological polar surface area (TPSA) is 49.3 Å². The number of hydrogen-bond acceptors (Lipinski definition) is 2. The van der Waals surface area contributed by atoms with E-state index in [0.29, 0.717) is 0 Å². The molecule has 0 spiro atoms. The summed E-state index contributed by atoms with van der Waals surface area (Å²) in [6.45, 7) is 7.70. The summed E-state index contributed by atoms with van der Waals surface area (Å²) >= 11 is 0. The Hall–Kier alpha value is -1.35. The van der Waals surface area contributed by atoms with Crippen molar-refractivity contribution in [2.45, 2.75) is 33.8 Å². The van der Waals surface area contributed by atoms with E-state index in [0.717, 1.165) is 16.7 Å². The number of nitrogens with one attached hydrogen (secondary N) is 1. The maximum atomic E-state index is 10.8. The number of aryl methyl sites for hydroxylation is 3. The smallest absolute Gasteiger partial charge is 0.216 e. The first-order valence-electron chi connectivity index (χ1n) is 5.42. The number of rotatable bonds is 3. The van der Waals surface area contributed by atoms with E-state index in [1.807, 2.05) is 32.9 Å². The second-order valence-electron chi connectivity index (χ2n) is 4.27. The van der Waals surface area contributed by atoms with Crippen molar-refractivity contribution < 1.29 is 9.90 Å². The minimum atomic E-state index is -0.635. The van der Waals surface area contributed by atoms with Gasteiger partial charge in [0, 0.05) is 13.5 Å². The monoisotopic (exact) mass is 221 g/mol. The molecule has 0 aliphatic carbocycles. The van der Waals surface area contributed by atoms with E-state index < -0.39 is 6.10 Å². The van der Waals surface area contributed by atoms with Crippen molar-refractivity contribution in [3.05, 3.63) is 34.4 Å². The molecule has 3 nitrogen and oxygen atoms in total. The average Bonchev–Trinajstić information content (AvgIpc) is 2.12. The molecule has 0 saturated heterocycles. The van der Waals surface area contributed by atoms with Crippen LogP contribution in [0.3, 0.4) is 0 Å². The second-order valence-corrected chi connectivity index (χ2v) is 4.27. The summed E-state index contributed by atoms with van der Waals surface area (Å²) in [5, 5.41) is 12.6. The van der Waals surface area contributed by atoms with E-state index in [4.69, 9.17) is 0 Å². The quantitative estimate of drug-likeness (QED) is 0.817. The van der Waals surface area contributed by atoms with E-state index in [1.54, 1.807) is 0 Å². The largest absolute Gasteiger partial charge is 0.387 e. The molecule has 3 heteroatoms. The summed E-state index contributed by atoms with van der Waals surface area (Å²) in [7, 11) is 0. The van der Waals surface area contributed by atoms with Crippen LogP contribution in [0.4, 0.5) is 0 Å². The Labute approximate surface area is 96.5 Å². The Kier molecular flexibility index (Phi) is 4.07. The Bertz CT molecular complexity index is 376. The number of hydrogen-bond donors (Lipinski definition) is 2. The maximum absolute atomic E-state index is 10.8. The summed E-state index contributed by atoms with van der Waals surface area (Å²) in [6, 6.07) is 4.08. The fourth-order valence-corrected chi connectivity index (χ4v) is 2.06. The van der Waals surface area contributed by atoms with Gasteiger partial charge in [0.1, 0.15) is 0 Å². The molecule has 0 aromatic heterocycles.